The maximum Gasteiger partial charge on any atom is 0.0820 e. The van der Waals surface area contributed by atoms with E-state index < -0.39 is 7.92 Å². The Morgan fingerprint density at radius 2 is 1.40 bits per heavy atom. The van der Waals surface area contributed by atoms with E-state index in [1.165, 1.54) is 17.0 Å². The van der Waals surface area contributed by atoms with Crippen molar-refractivity contribution in [1.29, 1.82) is 0 Å². The van der Waals surface area contributed by atoms with Gasteiger partial charge in [0, 0.05) is 6.61 Å². The summed E-state index contributed by atoms with van der Waals surface area (Å²) in [5.74, 6) is 0.251. The van der Waals surface area contributed by atoms with Crippen LogP contribution in [-0.2, 0) is 4.74 Å². The molecular weight excluding hydrogens is 263 g/mol. The zero-order valence-electron chi connectivity index (χ0n) is 12.3. The van der Waals surface area contributed by atoms with E-state index in [9.17, 15) is 0 Å². The summed E-state index contributed by atoms with van der Waals surface area (Å²) in [6.45, 7) is 5.27. The molecule has 0 aliphatic rings. The summed E-state index contributed by atoms with van der Waals surface area (Å²) < 4.78 is 6.08. The van der Waals surface area contributed by atoms with Gasteiger partial charge in [-0.2, -0.15) is 0 Å². The van der Waals surface area contributed by atoms with Crippen molar-refractivity contribution < 1.29 is 4.74 Å². The van der Waals surface area contributed by atoms with Crippen LogP contribution in [0, 0.1) is 0 Å². The number of rotatable bonds is 7. The first-order valence-electron chi connectivity index (χ1n) is 7.34. The topological polar surface area (TPSA) is 9.23 Å². The second kappa shape index (κ2) is 8.19. The molecule has 0 fully saturated rings. The Kier molecular flexibility index (Phi) is 6.24. The van der Waals surface area contributed by atoms with E-state index in [4.69, 9.17) is 4.74 Å². The van der Waals surface area contributed by atoms with Gasteiger partial charge in [0.25, 0.3) is 0 Å². The second-order valence-corrected chi connectivity index (χ2v) is 7.36. The van der Waals surface area contributed by atoms with Gasteiger partial charge in [0.15, 0.2) is 0 Å². The molecule has 0 N–H and O–H groups in total. The Bertz CT molecular complexity index is 444. The van der Waals surface area contributed by atoms with E-state index in [1.54, 1.807) is 0 Å². The van der Waals surface area contributed by atoms with Crippen LogP contribution in [0.3, 0.4) is 0 Å². The molecular formula is C18H23OP. The number of hydrogen-bond acceptors (Lipinski definition) is 1. The average molecular weight is 286 g/mol. The molecule has 2 heteroatoms. The standard InChI is InChI=1S/C18H23OP/c1-3-4-15-19-16(2)20(17-11-7-5-8-12-17)18-13-9-6-10-14-18/h5-14,16H,3-4,15H2,1-2H3. The lowest BCUT2D eigenvalue weighted by Crippen LogP contribution is -2.22. The number of benzene rings is 2. The van der Waals surface area contributed by atoms with Crippen LogP contribution in [-0.4, -0.2) is 12.5 Å². The summed E-state index contributed by atoms with van der Waals surface area (Å²) in [6.07, 6.45) is 2.32. The highest BCUT2D eigenvalue weighted by Crippen LogP contribution is 2.39. The molecule has 106 valence electrons. The highest BCUT2D eigenvalue weighted by molar-refractivity contribution is 7.73. The number of ether oxygens (including phenoxy) is 1. The minimum atomic E-state index is -0.451. The zero-order valence-corrected chi connectivity index (χ0v) is 13.2. The van der Waals surface area contributed by atoms with Crippen LogP contribution in [0.15, 0.2) is 60.7 Å². The summed E-state index contributed by atoms with van der Waals surface area (Å²) in [4.78, 5) is 0. The fraction of sp³-hybridized carbons (Fsp3) is 0.333. The molecule has 0 spiro atoms. The van der Waals surface area contributed by atoms with Gasteiger partial charge in [-0.3, -0.25) is 0 Å². The second-order valence-electron chi connectivity index (χ2n) is 4.86. The fourth-order valence-corrected chi connectivity index (χ4v) is 4.60. The van der Waals surface area contributed by atoms with Crippen LogP contribution in [0.2, 0.25) is 0 Å². The minimum Gasteiger partial charge on any atom is -0.373 e. The van der Waals surface area contributed by atoms with Gasteiger partial charge in [-0.25, -0.2) is 0 Å². The lowest BCUT2D eigenvalue weighted by Gasteiger charge is -2.25. The van der Waals surface area contributed by atoms with Crippen LogP contribution in [0.4, 0.5) is 0 Å². The van der Waals surface area contributed by atoms with Gasteiger partial charge in [-0.1, -0.05) is 74.0 Å². The molecule has 0 amide bonds. The van der Waals surface area contributed by atoms with Crippen molar-refractivity contribution in [2.45, 2.75) is 32.5 Å². The molecule has 0 saturated carbocycles. The Morgan fingerprint density at radius 3 is 1.85 bits per heavy atom. The molecule has 20 heavy (non-hydrogen) atoms. The van der Waals surface area contributed by atoms with E-state index in [1.807, 2.05) is 0 Å². The first kappa shape index (κ1) is 15.2. The van der Waals surface area contributed by atoms with Gasteiger partial charge in [-0.05, 0) is 31.9 Å². The average Bonchev–Trinajstić information content (AvgIpc) is 2.50. The predicted octanol–water partition coefficient (Wildman–Crippen LogP) is 4.28. The summed E-state index contributed by atoms with van der Waals surface area (Å²) >= 11 is 0. The van der Waals surface area contributed by atoms with Crippen molar-refractivity contribution in [3.63, 3.8) is 0 Å². The van der Waals surface area contributed by atoms with E-state index in [0.29, 0.717) is 0 Å². The van der Waals surface area contributed by atoms with Crippen molar-refractivity contribution in [3.8, 4) is 0 Å². The Labute approximate surface area is 123 Å². The van der Waals surface area contributed by atoms with E-state index in [0.717, 1.165) is 13.0 Å². The predicted molar refractivity (Wildman–Crippen MR) is 89.4 cm³/mol. The third-order valence-electron chi connectivity index (χ3n) is 3.29. The van der Waals surface area contributed by atoms with Gasteiger partial charge in [0.2, 0.25) is 0 Å². The molecule has 1 atom stereocenters. The molecule has 0 aromatic heterocycles. The smallest absolute Gasteiger partial charge is 0.0820 e. The highest BCUT2D eigenvalue weighted by atomic mass is 31.1. The molecule has 2 aromatic rings. The van der Waals surface area contributed by atoms with Gasteiger partial charge < -0.3 is 4.74 Å². The number of unbranched alkanes of at least 4 members (excludes halogenated alkanes) is 1. The molecule has 0 aliphatic carbocycles. The van der Waals surface area contributed by atoms with Crippen LogP contribution < -0.4 is 10.6 Å². The maximum absolute atomic E-state index is 6.08. The van der Waals surface area contributed by atoms with Crippen molar-refractivity contribution in [3.05, 3.63) is 60.7 Å². The maximum atomic E-state index is 6.08. The molecule has 0 aliphatic heterocycles. The van der Waals surface area contributed by atoms with Crippen molar-refractivity contribution >= 4 is 18.5 Å². The first-order valence-corrected chi connectivity index (χ1v) is 8.75. The molecule has 0 radical (unpaired) electrons. The highest BCUT2D eigenvalue weighted by Gasteiger charge is 2.21. The van der Waals surface area contributed by atoms with Gasteiger partial charge >= 0.3 is 0 Å². The van der Waals surface area contributed by atoms with Gasteiger partial charge in [-0.15, -0.1) is 0 Å². The molecule has 1 nitrogen and oxygen atoms in total. The van der Waals surface area contributed by atoms with E-state index in [2.05, 4.69) is 74.5 Å². The molecule has 2 aromatic carbocycles. The van der Waals surface area contributed by atoms with Crippen molar-refractivity contribution in [2.75, 3.05) is 6.61 Å². The minimum absolute atomic E-state index is 0.251. The zero-order chi connectivity index (χ0) is 14.2. The Hall–Kier alpha value is -1.17. The fourth-order valence-electron chi connectivity index (χ4n) is 2.22. The summed E-state index contributed by atoms with van der Waals surface area (Å²) in [5.41, 5.74) is 0. The van der Waals surface area contributed by atoms with Crippen molar-refractivity contribution in [2.24, 2.45) is 0 Å². The number of hydrogen-bond donors (Lipinski definition) is 0. The van der Waals surface area contributed by atoms with Crippen molar-refractivity contribution in [1.82, 2.24) is 0 Å². The molecule has 2 rings (SSSR count). The largest absolute Gasteiger partial charge is 0.373 e. The van der Waals surface area contributed by atoms with Crippen LogP contribution >= 0.6 is 7.92 Å². The lowest BCUT2D eigenvalue weighted by atomic mass is 10.4. The van der Waals surface area contributed by atoms with E-state index in [-0.39, 0.29) is 5.85 Å². The molecule has 0 saturated heterocycles. The molecule has 0 bridgehead atoms. The Morgan fingerprint density at radius 1 is 0.900 bits per heavy atom. The monoisotopic (exact) mass is 286 g/mol. The van der Waals surface area contributed by atoms with Crippen LogP contribution in [0.25, 0.3) is 0 Å². The first-order chi connectivity index (χ1) is 9.83. The SMILES string of the molecule is CCCCOC(C)P(c1ccccc1)c1ccccc1. The summed E-state index contributed by atoms with van der Waals surface area (Å²) in [7, 11) is -0.451. The quantitative estimate of drug-likeness (QED) is 0.545. The van der Waals surface area contributed by atoms with Crippen LogP contribution in [0.5, 0.6) is 0 Å². The summed E-state index contributed by atoms with van der Waals surface area (Å²) in [5, 5.41) is 2.77. The lowest BCUT2D eigenvalue weighted by molar-refractivity contribution is 0.118. The summed E-state index contributed by atoms with van der Waals surface area (Å²) in [6, 6.07) is 21.5. The third kappa shape index (κ3) is 4.16. The van der Waals surface area contributed by atoms with Gasteiger partial charge in [0.1, 0.15) is 0 Å². The van der Waals surface area contributed by atoms with Crippen LogP contribution in [0.1, 0.15) is 26.7 Å². The molecule has 1 unspecified atom stereocenters. The molecule has 0 heterocycles. The Balaban J connectivity index is 2.21. The third-order valence-corrected chi connectivity index (χ3v) is 5.87. The van der Waals surface area contributed by atoms with E-state index >= 15 is 0 Å². The van der Waals surface area contributed by atoms with Gasteiger partial charge in [0.05, 0.1) is 5.85 Å². The normalized spacial score (nSPS) is 12.6.